The lowest BCUT2D eigenvalue weighted by Gasteiger charge is -2.14. The lowest BCUT2D eigenvalue weighted by Crippen LogP contribution is -2.41. The van der Waals surface area contributed by atoms with Crippen LogP contribution in [0, 0.1) is 0 Å². The number of amides is 2. The average Bonchev–Trinajstić information content (AvgIpc) is 3.26. The molecule has 25 heavy (non-hydrogen) atoms. The number of nitrogens with one attached hydrogen (secondary N) is 2. The van der Waals surface area contributed by atoms with Crippen molar-refractivity contribution in [2.75, 3.05) is 5.32 Å². The molecule has 2 amide bonds. The monoisotopic (exact) mass is 339 g/mol. The van der Waals surface area contributed by atoms with Crippen molar-refractivity contribution in [2.24, 2.45) is 7.05 Å². The smallest absolute Gasteiger partial charge is 0.255 e. The predicted molar refractivity (Wildman–Crippen MR) is 90.7 cm³/mol. The van der Waals surface area contributed by atoms with Gasteiger partial charge in [0, 0.05) is 18.3 Å². The summed E-state index contributed by atoms with van der Waals surface area (Å²) in [4.78, 5) is 24.3. The van der Waals surface area contributed by atoms with Crippen LogP contribution >= 0.6 is 0 Å². The molecule has 8 nitrogen and oxygen atoms in total. The Labute approximate surface area is 143 Å². The molecule has 0 saturated heterocycles. The Kier molecular flexibility index (Phi) is 4.60. The molecular formula is C17H17N5O3. The number of hydrogen-bond donors (Lipinski definition) is 2. The molecule has 0 aliphatic heterocycles. The summed E-state index contributed by atoms with van der Waals surface area (Å²) < 4.78 is 6.64. The molecule has 0 fully saturated rings. The highest BCUT2D eigenvalue weighted by atomic mass is 16.3. The van der Waals surface area contributed by atoms with Gasteiger partial charge in [-0.2, -0.15) is 0 Å². The number of anilines is 1. The van der Waals surface area contributed by atoms with Gasteiger partial charge in [0.15, 0.2) is 5.82 Å². The van der Waals surface area contributed by atoms with Crippen LogP contribution < -0.4 is 10.6 Å². The molecule has 0 spiro atoms. The Morgan fingerprint density at radius 3 is 2.80 bits per heavy atom. The molecule has 2 heterocycles. The molecule has 2 N–H and O–H groups in total. The van der Waals surface area contributed by atoms with E-state index in [0.29, 0.717) is 17.1 Å². The fraction of sp³-hybridized carbons (Fsp3) is 0.176. The summed E-state index contributed by atoms with van der Waals surface area (Å²) in [5.41, 5.74) is 1.80. The van der Waals surface area contributed by atoms with Gasteiger partial charge in [-0.3, -0.25) is 9.59 Å². The van der Waals surface area contributed by atoms with E-state index in [1.807, 2.05) is 19.2 Å². The number of aryl methyl sites for hydroxylation is 1. The van der Waals surface area contributed by atoms with Gasteiger partial charge in [0.2, 0.25) is 5.91 Å². The Balaban J connectivity index is 1.66. The molecule has 0 aliphatic carbocycles. The number of hydrogen-bond acceptors (Lipinski definition) is 5. The molecule has 3 aromatic rings. The van der Waals surface area contributed by atoms with Crippen LogP contribution in [0.15, 0.2) is 53.6 Å². The lowest BCUT2D eigenvalue weighted by atomic mass is 10.2. The van der Waals surface area contributed by atoms with Gasteiger partial charge in [0.05, 0.1) is 11.8 Å². The van der Waals surface area contributed by atoms with Gasteiger partial charge in [-0.15, -0.1) is 10.2 Å². The molecule has 8 heteroatoms. The highest BCUT2D eigenvalue weighted by Crippen LogP contribution is 2.20. The molecular weight excluding hydrogens is 322 g/mol. The zero-order chi connectivity index (χ0) is 17.8. The van der Waals surface area contributed by atoms with Gasteiger partial charge in [-0.25, -0.2) is 0 Å². The summed E-state index contributed by atoms with van der Waals surface area (Å²) in [6, 6.07) is 8.08. The van der Waals surface area contributed by atoms with E-state index >= 15 is 0 Å². The number of aromatic nitrogens is 3. The highest BCUT2D eigenvalue weighted by molar-refractivity contribution is 6.00. The van der Waals surface area contributed by atoms with Crippen LogP contribution in [0.5, 0.6) is 0 Å². The van der Waals surface area contributed by atoms with Crippen molar-refractivity contribution < 1.29 is 14.0 Å². The fourth-order valence-corrected chi connectivity index (χ4v) is 2.27. The van der Waals surface area contributed by atoms with Crippen molar-refractivity contribution in [1.82, 2.24) is 20.1 Å². The zero-order valence-corrected chi connectivity index (χ0v) is 13.8. The van der Waals surface area contributed by atoms with Crippen LogP contribution in [0.25, 0.3) is 11.4 Å². The van der Waals surface area contributed by atoms with E-state index in [0.717, 1.165) is 5.56 Å². The topological polar surface area (TPSA) is 102 Å². The first-order chi connectivity index (χ1) is 12.0. The van der Waals surface area contributed by atoms with E-state index in [1.165, 1.54) is 18.6 Å². The standard InChI is InChI=1S/C17H17N5O3/c1-11(19-17(24)13-6-7-25-9-13)16(23)20-14-5-3-4-12(8-14)15-21-18-10-22(15)2/h3-11H,1-2H3,(H,19,24)(H,20,23). The van der Waals surface area contributed by atoms with E-state index < -0.39 is 6.04 Å². The van der Waals surface area contributed by atoms with Crippen molar-refractivity contribution in [3.63, 3.8) is 0 Å². The lowest BCUT2D eigenvalue weighted by molar-refractivity contribution is -0.117. The Hall–Kier alpha value is -3.42. The molecule has 0 aliphatic rings. The van der Waals surface area contributed by atoms with Gasteiger partial charge >= 0.3 is 0 Å². The molecule has 3 rings (SSSR count). The quantitative estimate of drug-likeness (QED) is 0.738. The minimum Gasteiger partial charge on any atom is -0.472 e. The maximum Gasteiger partial charge on any atom is 0.255 e. The molecule has 128 valence electrons. The Morgan fingerprint density at radius 1 is 1.28 bits per heavy atom. The summed E-state index contributed by atoms with van der Waals surface area (Å²) in [6.45, 7) is 1.61. The first kappa shape index (κ1) is 16.4. The third kappa shape index (κ3) is 3.74. The van der Waals surface area contributed by atoms with Gasteiger partial charge in [0.25, 0.3) is 5.91 Å². The van der Waals surface area contributed by atoms with Crippen molar-refractivity contribution in [1.29, 1.82) is 0 Å². The van der Waals surface area contributed by atoms with Crippen molar-refractivity contribution in [3.05, 3.63) is 54.7 Å². The first-order valence-electron chi connectivity index (χ1n) is 7.63. The van der Waals surface area contributed by atoms with E-state index in [2.05, 4.69) is 20.8 Å². The van der Waals surface area contributed by atoms with Gasteiger partial charge in [-0.05, 0) is 25.1 Å². The van der Waals surface area contributed by atoms with Crippen LogP contribution in [-0.2, 0) is 11.8 Å². The number of carbonyl (C=O) groups excluding carboxylic acids is 2. The number of furan rings is 1. The normalized spacial score (nSPS) is 11.8. The van der Waals surface area contributed by atoms with E-state index in [-0.39, 0.29) is 11.8 Å². The van der Waals surface area contributed by atoms with Gasteiger partial charge in [-0.1, -0.05) is 12.1 Å². The van der Waals surface area contributed by atoms with E-state index in [1.54, 1.807) is 30.0 Å². The summed E-state index contributed by atoms with van der Waals surface area (Å²) in [5, 5.41) is 13.3. The second-order valence-corrected chi connectivity index (χ2v) is 5.54. The minimum absolute atomic E-state index is 0.327. The fourth-order valence-electron chi connectivity index (χ4n) is 2.27. The summed E-state index contributed by atoms with van der Waals surface area (Å²) in [7, 11) is 1.84. The minimum atomic E-state index is -0.708. The third-order valence-corrected chi connectivity index (χ3v) is 3.62. The molecule has 1 aromatic carbocycles. The molecule has 0 radical (unpaired) electrons. The second-order valence-electron chi connectivity index (χ2n) is 5.54. The van der Waals surface area contributed by atoms with Gasteiger partial charge in [0.1, 0.15) is 18.6 Å². The second kappa shape index (κ2) is 7.00. The molecule has 1 atom stereocenters. The highest BCUT2D eigenvalue weighted by Gasteiger charge is 2.17. The van der Waals surface area contributed by atoms with Crippen LogP contribution in [0.3, 0.4) is 0 Å². The number of benzene rings is 1. The van der Waals surface area contributed by atoms with E-state index in [4.69, 9.17) is 4.42 Å². The summed E-state index contributed by atoms with van der Waals surface area (Å²) in [6.07, 6.45) is 4.33. The maximum absolute atomic E-state index is 12.3. The SMILES string of the molecule is CC(NC(=O)c1ccoc1)C(=O)Nc1cccc(-c2nncn2C)c1. The molecule has 0 saturated carbocycles. The maximum atomic E-state index is 12.3. The Bertz CT molecular complexity index is 885. The largest absolute Gasteiger partial charge is 0.472 e. The summed E-state index contributed by atoms with van der Waals surface area (Å²) in [5.74, 6) is -0.00592. The van der Waals surface area contributed by atoms with Crippen LogP contribution in [-0.4, -0.2) is 32.6 Å². The number of carbonyl (C=O) groups is 2. The molecule has 1 unspecified atom stereocenters. The Morgan fingerprint density at radius 2 is 2.12 bits per heavy atom. The number of rotatable bonds is 5. The van der Waals surface area contributed by atoms with Crippen LogP contribution in [0.4, 0.5) is 5.69 Å². The zero-order valence-electron chi connectivity index (χ0n) is 13.8. The number of nitrogens with zero attached hydrogens (tertiary/aromatic N) is 3. The third-order valence-electron chi connectivity index (χ3n) is 3.62. The van der Waals surface area contributed by atoms with Crippen molar-refractivity contribution in [3.8, 4) is 11.4 Å². The van der Waals surface area contributed by atoms with E-state index in [9.17, 15) is 9.59 Å². The van der Waals surface area contributed by atoms with Crippen molar-refractivity contribution in [2.45, 2.75) is 13.0 Å². The summed E-state index contributed by atoms with van der Waals surface area (Å²) >= 11 is 0. The van der Waals surface area contributed by atoms with Crippen molar-refractivity contribution >= 4 is 17.5 Å². The first-order valence-corrected chi connectivity index (χ1v) is 7.63. The van der Waals surface area contributed by atoms with Gasteiger partial charge < -0.3 is 19.6 Å². The van der Waals surface area contributed by atoms with Crippen LogP contribution in [0.1, 0.15) is 17.3 Å². The molecule has 0 bridgehead atoms. The predicted octanol–water partition coefficient (Wildman–Crippen LogP) is 1.83. The molecule has 2 aromatic heterocycles. The average molecular weight is 339 g/mol. The van der Waals surface area contributed by atoms with Crippen LogP contribution in [0.2, 0.25) is 0 Å².